The van der Waals surface area contributed by atoms with Gasteiger partial charge in [0, 0.05) is 39.3 Å². The third-order valence-electron chi connectivity index (χ3n) is 4.89. The number of amides is 1. The molecule has 1 amide bonds. The second kappa shape index (κ2) is 7.75. The minimum Gasteiger partial charge on any atom is -0.340 e. The maximum Gasteiger partial charge on any atom is 0.227 e. The summed E-state index contributed by atoms with van der Waals surface area (Å²) in [5.41, 5.74) is 1.40. The van der Waals surface area contributed by atoms with E-state index in [0.29, 0.717) is 5.91 Å². The zero-order chi connectivity index (χ0) is 15.2. The molecule has 0 radical (unpaired) electrons. The Hall–Kier alpha value is -1.39. The number of piperazine rings is 1. The highest BCUT2D eigenvalue weighted by Gasteiger charge is 2.28. The summed E-state index contributed by atoms with van der Waals surface area (Å²) in [6, 6.07) is 10.6. The molecule has 2 fully saturated rings. The number of carbonyl (C=O) groups is 1. The van der Waals surface area contributed by atoms with Crippen LogP contribution in [0.2, 0.25) is 0 Å². The summed E-state index contributed by atoms with van der Waals surface area (Å²) < 4.78 is 0. The lowest BCUT2D eigenvalue weighted by molar-refractivity contribution is -0.137. The van der Waals surface area contributed by atoms with Crippen molar-refractivity contribution in [2.24, 2.45) is 5.92 Å². The number of hydrogen-bond donors (Lipinski definition) is 1. The molecule has 120 valence electrons. The monoisotopic (exact) mass is 301 g/mol. The van der Waals surface area contributed by atoms with Crippen LogP contribution >= 0.6 is 0 Å². The third-order valence-corrected chi connectivity index (χ3v) is 4.89. The van der Waals surface area contributed by atoms with E-state index in [1.807, 2.05) is 0 Å². The average Bonchev–Trinajstić information content (AvgIpc) is 2.61. The Morgan fingerprint density at radius 1 is 1.14 bits per heavy atom. The van der Waals surface area contributed by atoms with E-state index >= 15 is 0 Å². The molecule has 1 unspecified atom stereocenters. The molecule has 2 aliphatic heterocycles. The van der Waals surface area contributed by atoms with Crippen LogP contribution in [0.4, 0.5) is 0 Å². The van der Waals surface area contributed by atoms with E-state index < -0.39 is 0 Å². The lowest BCUT2D eigenvalue weighted by atomic mass is 9.98. The molecule has 22 heavy (non-hydrogen) atoms. The Labute approximate surface area is 133 Å². The van der Waals surface area contributed by atoms with Crippen LogP contribution in [0, 0.1) is 5.92 Å². The summed E-state index contributed by atoms with van der Waals surface area (Å²) in [4.78, 5) is 17.1. The van der Waals surface area contributed by atoms with Gasteiger partial charge in [-0.3, -0.25) is 9.69 Å². The maximum absolute atomic E-state index is 12.5. The summed E-state index contributed by atoms with van der Waals surface area (Å²) >= 11 is 0. The van der Waals surface area contributed by atoms with Gasteiger partial charge >= 0.3 is 0 Å². The molecule has 0 aliphatic carbocycles. The Morgan fingerprint density at radius 3 is 2.59 bits per heavy atom. The number of nitrogens with one attached hydrogen (secondary N) is 1. The number of rotatable bonds is 4. The molecular formula is C18H27N3O. The van der Waals surface area contributed by atoms with Crippen LogP contribution < -0.4 is 5.32 Å². The van der Waals surface area contributed by atoms with Crippen LogP contribution in [0.3, 0.4) is 0 Å². The highest BCUT2D eigenvalue weighted by Crippen LogP contribution is 2.15. The molecule has 0 spiro atoms. The van der Waals surface area contributed by atoms with E-state index in [1.54, 1.807) is 0 Å². The molecule has 1 atom stereocenters. The van der Waals surface area contributed by atoms with Gasteiger partial charge in [-0.05, 0) is 31.4 Å². The van der Waals surface area contributed by atoms with Crippen molar-refractivity contribution >= 4 is 5.91 Å². The third kappa shape index (κ3) is 4.08. The number of benzene rings is 1. The van der Waals surface area contributed by atoms with Crippen LogP contribution in [-0.2, 0) is 11.2 Å². The molecule has 4 heteroatoms. The number of carbonyl (C=O) groups excluding carboxylic acids is 1. The van der Waals surface area contributed by atoms with Crippen LogP contribution in [0.15, 0.2) is 30.3 Å². The van der Waals surface area contributed by atoms with Crippen molar-refractivity contribution < 1.29 is 4.79 Å². The van der Waals surface area contributed by atoms with Gasteiger partial charge in [0.15, 0.2) is 0 Å². The first-order valence-electron chi connectivity index (χ1n) is 8.59. The quantitative estimate of drug-likeness (QED) is 0.912. The van der Waals surface area contributed by atoms with Crippen molar-refractivity contribution in [3.63, 3.8) is 0 Å². The molecule has 0 aromatic heterocycles. The molecule has 4 nitrogen and oxygen atoms in total. The zero-order valence-corrected chi connectivity index (χ0v) is 13.3. The summed E-state index contributed by atoms with van der Waals surface area (Å²) in [6.07, 6.45) is 3.29. The largest absolute Gasteiger partial charge is 0.340 e. The Kier molecular flexibility index (Phi) is 5.46. The SMILES string of the molecule is O=C(C1CCCNC1)N1CCN(CCc2ccccc2)CC1. The lowest BCUT2D eigenvalue weighted by Gasteiger charge is -2.37. The van der Waals surface area contributed by atoms with E-state index in [9.17, 15) is 4.79 Å². The van der Waals surface area contributed by atoms with Gasteiger partial charge in [-0.2, -0.15) is 0 Å². The van der Waals surface area contributed by atoms with Gasteiger partial charge in [-0.25, -0.2) is 0 Å². The molecule has 1 aromatic carbocycles. The minimum atomic E-state index is 0.213. The summed E-state index contributed by atoms with van der Waals surface area (Å²) in [6.45, 7) is 6.84. The van der Waals surface area contributed by atoms with Crippen molar-refractivity contribution in [1.29, 1.82) is 0 Å². The topological polar surface area (TPSA) is 35.6 Å². The Balaban J connectivity index is 1.41. The van der Waals surface area contributed by atoms with E-state index in [2.05, 4.69) is 45.4 Å². The van der Waals surface area contributed by atoms with Gasteiger partial charge in [0.25, 0.3) is 0 Å². The first kappa shape index (κ1) is 15.5. The predicted molar refractivity (Wildman–Crippen MR) is 88.8 cm³/mol. The molecule has 0 bridgehead atoms. The van der Waals surface area contributed by atoms with E-state index in [0.717, 1.165) is 65.1 Å². The average molecular weight is 301 g/mol. The summed E-state index contributed by atoms with van der Waals surface area (Å²) in [5.74, 6) is 0.583. The van der Waals surface area contributed by atoms with Gasteiger partial charge in [-0.1, -0.05) is 30.3 Å². The fourth-order valence-electron chi connectivity index (χ4n) is 3.44. The summed E-state index contributed by atoms with van der Waals surface area (Å²) in [7, 11) is 0. The van der Waals surface area contributed by atoms with Gasteiger partial charge < -0.3 is 10.2 Å². The van der Waals surface area contributed by atoms with E-state index in [-0.39, 0.29) is 5.92 Å². The van der Waals surface area contributed by atoms with Crippen molar-refractivity contribution in [3.8, 4) is 0 Å². The minimum absolute atomic E-state index is 0.213. The lowest BCUT2D eigenvalue weighted by Crippen LogP contribution is -2.52. The number of hydrogen-bond acceptors (Lipinski definition) is 3. The Bertz CT molecular complexity index is 462. The highest BCUT2D eigenvalue weighted by molar-refractivity contribution is 5.79. The Morgan fingerprint density at radius 2 is 1.91 bits per heavy atom. The fraction of sp³-hybridized carbons (Fsp3) is 0.611. The molecular weight excluding hydrogens is 274 g/mol. The first-order valence-corrected chi connectivity index (χ1v) is 8.59. The molecule has 1 aromatic rings. The van der Waals surface area contributed by atoms with Gasteiger partial charge in [0.2, 0.25) is 5.91 Å². The van der Waals surface area contributed by atoms with Crippen molar-refractivity contribution in [1.82, 2.24) is 15.1 Å². The second-order valence-electron chi connectivity index (χ2n) is 6.45. The first-order chi connectivity index (χ1) is 10.8. The van der Waals surface area contributed by atoms with Gasteiger partial charge in [0.05, 0.1) is 5.92 Å². The maximum atomic E-state index is 12.5. The predicted octanol–water partition coefficient (Wildman–Crippen LogP) is 1.37. The highest BCUT2D eigenvalue weighted by atomic mass is 16.2. The molecule has 3 rings (SSSR count). The fourth-order valence-corrected chi connectivity index (χ4v) is 3.44. The van der Waals surface area contributed by atoms with Gasteiger partial charge in [-0.15, -0.1) is 0 Å². The van der Waals surface area contributed by atoms with Crippen LogP contribution in [0.25, 0.3) is 0 Å². The van der Waals surface area contributed by atoms with Crippen LogP contribution in [-0.4, -0.2) is 61.5 Å². The van der Waals surface area contributed by atoms with Crippen LogP contribution in [0.1, 0.15) is 18.4 Å². The van der Waals surface area contributed by atoms with Gasteiger partial charge in [0.1, 0.15) is 0 Å². The van der Waals surface area contributed by atoms with Crippen LogP contribution in [0.5, 0.6) is 0 Å². The standard InChI is InChI=1S/C18H27N3O/c22-18(17-7-4-9-19-15-17)21-13-11-20(12-14-21)10-8-16-5-2-1-3-6-16/h1-3,5-6,17,19H,4,7-15H2. The normalized spacial score (nSPS) is 23.5. The van der Waals surface area contributed by atoms with Crippen molar-refractivity contribution in [2.45, 2.75) is 19.3 Å². The van der Waals surface area contributed by atoms with E-state index in [4.69, 9.17) is 0 Å². The number of piperidine rings is 1. The molecule has 2 saturated heterocycles. The number of nitrogens with zero attached hydrogens (tertiary/aromatic N) is 2. The van der Waals surface area contributed by atoms with E-state index in [1.165, 1.54) is 5.56 Å². The molecule has 2 aliphatic rings. The molecule has 0 saturated carbocycles. The second-order valence-corrected chi connectivity index (χ2v) is 6.45. The van der Waals surface area contributed by atoms with Crippen molar-refractivity contribution in [2.75, 3.05) is 45.8 Å². The zero-order valence-electron chi connectivity index (χ0n) is 13.3. The van der Waals surface area contributed by atoms with Crippen molar-refractivity contribution in [3.05, 3.63) is 35.9 Å². The molecule has 2 heterocycles. The smallest absolute Gasteiger partial charge is 0.227 e. The summed E-state index contributed by atoms with van der Waals surface area (Å²) in [5, 5.41) is 3.34. The molecule has 1 N–H and O–H groups in total.